The maximum Gasteiger partial charge on any atom is 0.190 e. The highest BCUT2D eigenvalue weighted by Gasteiger charge is 2.20. The van der Waals surface area contributed by atoms with Crippen LogP contribution in [0.25, 0.3) is 0 Å². The quantitative estimate of drug-likeness (QED) is 0.208. The van der Waals surface area contributed by atoms with Crippen LogP contribution in [0.2, 0.25) is 0 Å². The predicted octanol–water partition coefficient (Wildman–Crippen LogP) is 3.33. The summed E-state index contributed by atoms with van der Waals surface area (Å²) in [5.74, 6) is 1.58. The minimum Gasteiger partial charge on any atom is -0.379 e. The number of aliphatic imine (C=N–C) groups is 1. The van der Waals surface area contributed by atoms with Gasteiger partial charge in [-0.15, -0.1) is 35.3 Å². The number of likely N-dealkylation sites (tertiary alicyclic amines) is 1. The van der Waals surface area contributed by atoms with Crippen molar-refractivity contribution in [2.75, 3.05) is 53.0 Å². The van der Waals surface area contributed by atoms with Gasteiger partial charge in [-0.25, -0.2) is 0 Å². The van der Waals surface area contributed by atoms with E-state index in [-0.39, 0.29) is 24.0 Å². The second-order valence-corrected chi connectivity index (χ2v) is 8.80. The Kier molecular flexibility index (Phi) is 12.5. The molecule has 8 heteroatoms. The number of nitrogens with one attached hydrogen (secondary N) is 2. The third-order valence-corrected chi connectivity index (χ3v) is 6.29. The van der Waals surface area contributed by atoms with Crippen LogP contribution in [0.4, 0.5) is 0 Å². The average molecular weight is 537 g/mol. The van der Waals surface area contributed by atoms with Gasteiger partial charge in [0.25, 0.3) is 0 Å². The molecule has 0 radical (unpaired) electrons. The molecule has 0 spiro atoms. The van der Waals surface area contributed by atoms with Gasteiger partial charge in [0, 0.05) is 51.3 Å². The molecule has 0 bridgehead atoms. The zero-order chi connectivity index (χ0) is 19.4. The van der Waals surface area contributed by atoms with Crippen LogP contribution in [-0.2, 0) is 16.0 Å². The lowest BCUT2D eigenvalue weighted by atomic mass is 9.98. The minimum atomic E-state index is 0. The minimum absolute atomic E-state index is 0. The molecule has 6 nitrogen and oxygen atoms in total. The summed E-state index contributed by atoms with van der Waals surface area (Å²) in [6, 6.07) is 4.38. The van der Waals surface area contributed by atoms with E-state index in [1.54, 1.807) is 0 Å². The fourth-order valence-corrected chi connectivity index (χ4v) is 4.66. The van der Waals surface area contributed by atoms with E-state index >= 15 is 0 Å². The topological polar surface area (TPSA) is 58.1 Å². The molecule has 2 unspecified atom stereocenters. The summed E-state index contributed by atoms with van der Waals surface area (Å²) in [7, 11) is 1.84. The largest absolute Gasteiger partial charge is 0.379 e. The van der Waals surface area contributed by atoms with Gasteiger partial charge >= 0.3 is 0 Å². The number of rotatable bonds is 10. The molecule has 29 heavy (non-hydrogen) atoms. The second kappa shape index (κ2) is 14.6. The highest BCUT2D eigenvalue weighted by molar-refractivity contribution is 14.0. The van der Waals surface area contributed by atoms with Gasteiger partial charge in [-0.05, 0) is 56.0 Å². The van der Waals surface area contributed by atoms with Gasteiger partial charge in [0.05, 0.1) is 12.7 Å². The van der Waals surface area contributed by atoms with E-state index in [0.29, 0.717) is 12.0 Å². The first kappa shape index (κ1) is 24.8. The van der Waals surface area contributed by atoms with Gasteiger partial charge in [-0.2, -0.15) is 0 Å². The van der Waals surface area contributed by atoms with Crippen molar-refractivity contribution in [2.24, 2.45) is 10.9 Å². The Bertz CT molecular complexity index is 567. The van der Waals surface area contributed by atoms with Crippen molar-refractivity contribution in [3.63, 3.8) is 0 Å². The molecule has 3 rings (SSSR count). The maximum atomic E-state index is 5.71. The molecule has 166 valence electrons. The molecular weight excluding hydrogens is 499 g/mol. The molecule has 0 amide bonds. The number of halogens is 1. The molecule has 2 saturated heterocycles. The molecule has 2 aliphatic heterocycles. The highest BCUT2D eigenvalue weighted by Crippen LogP contribution is 2.20. The number of ether oxygens (including phenoxy) is 2. The number of piperidine rings is 1. The first-order valence-corrected chi connectivity index (χ1v) is 11.6. The van der Waals surface area contributed by atoms with Gasteiger partial charge in [-0.3, -0.25) is 9.89 Å². The third kappa shape index (κ3) is 9.50. The lowest BCUT2D eigenvalue weighted by Crippen LogP contribution is -2.44. The molecule has 0 saturated carbocycles. The molecule has 2 fully saturated rings. The van der Waals surface area contributed by atoms with Crippen LogP contribution >= 0.6 is 35.3 Å². The van der Waals surface area contributed by atoms with Crippen LogP contribution in [0.1, 0.15) is 37.0 Å². The Morgan fingerprint density at radius 3 is 3.03 bits per heavy atom. The number of hydrogen-bond donors (Lipinski definition) is 2. The molecule has 3 heterocycles. The lowest BCUT2D eigenvalue weighted by Gasteiger charge is -2.32. The summed E-state index contributed by atoms with van der Waals surface area (Å²) in [6.45, 7) is 7.72. The van der Waals surface area contributed by atoms with Crippen molar-refractivity contribution in [1.82, 2.24) is 15.5 Å². The number of thiophene rings is 1. The van der Waals surface area contributed by atoms with E-state index < -0.39 is 0 Å². The summed E-state index contributed by atoms with van der Waals surface area (Å²) in [6.07, 6.45) is 6.18. The predicted molar refractivity (Wildman–Crippen MR) is 132 cm³/mol. The maximum absolute atomic E-state index is 5.71. The third-order valence-electron chi connectivity index (χ3n) is 5.43. The van der Waals surface area contributed by atoms with Gasteiger partial charge in [0.2, 0.25) is 0 Å². The Labute approximate surface area is 196 Å². The second-order valence-electron chi connectivity index (χ2n) is 7.77. The van der Waals surface area contributed by atoms with Crippen LogP contribution in [0.3, 0.4) is 0 Å². The molecule has 2 N–H and O–H groups in total. The molecule has 0 aliphatic carbocycles. The van der Waals surface area contributed by atoms with Crippen molar-refractivity contribution in [1.29, 1.82) is 0 Å². The summed E-state index contributed by atoms with van der Waals surface area (Å²) in [4.78, 5) is 8.41. The Balaban J connectivity index is 0.00000300. The highest BCUT2D eigenvalue weighted by atomic mass is 127. The van der Waals surface area contributed by atoms with E-state index in [1.165, 1.54) is 37.2 Å². The van der Waals surface area contributed by atoms with Crippen molar-refractivity contribution in [3.8, 4) is 0 Å². The summed E-state index contributed by atoms with van der Waals surface area (Å²) < 4.78 is 11.3. The lowest BCUT2D eigenvalue weighted by molar-refractivity contribution is 0.0168. The van der Waals surface area contributed by atoms with Crippen LogP contribution in [0.5, 0.6) is 0 Å². The van der Waals surface area contributed by atoms with Crippen LogP contribution in [0.15, 0.2) is 22.5 Å². The molecule has 1 aromatic rings. The van der Waals surface area contributed by atoms with E-state index in [0.717, 1.165) is 58.3 Å². The first-order chi connectivity index (χ1) is 13.8. The zero-order valence-corrected chi connectivity index (χ0v) is 20.8. The SMILES string of the molecule is CN=C(NCCCOCC1CCCO1)NCC1CCCN(Cc2cccs2)C1.I. The van der Waals surface area contributed by atoms with E-state index in [4.69, 9.17) is 9.47 Å². The fraction of sp³-hybridized carbons (Fsp3) is 0.762. The molecular formula is C21H37IN4O2S. The van der Waals surface area contributed by atoms with E-state index in [9.17, 15) is 0 Å². The fourth-order valence-electron chi connectivity index (χ4n) is 3.92. The molecule has 0 aromatic carbocycles. The summed E-state index contributed by atoms with van der Waals surface area (Å²) in [5.41, 5.74) is 0. The van der Waals surface area contributed by atoms with Crippen molar-refractivity contribution in [2.45, 2.75) is 44.8 Å². The number of nitrogens with zero attached hydrogens (tertiary/aromatic N) is 2. The first-order valence-electron chi connectivity index (χ1n) is 10.7. The van der Waals surface area contributed by atoms with Gasteiger partial charge in [0.1, 0.15) is 0 Å². The number of hydrogen-bond acceptors (Lipinski definition) is 5. The number of guanidine groups is 1. The van der Waals surface area contributed by atoms with Crippen molar-refractivity contribution >= 4 is 41.3 Å². The van der Waals surface area contributed by atoms with Crippen LogP contribution in [-0.4, -0.2) is 70.0 Å². The molecule has 2 aliphatic rings. The molecule has 2 atom stereocenters. The Morgan fingerprint density at radius 1 is 1.34 bits per heavy atom. The Hall–Kier alpha value is -0.420. The van der Waals surface area contributed by atoms with E-state index in [1.807, 2.05) is 18.4 Å². The smallest absolute Gasteiger partial charge is 0.190 e. The van der Waals surface area contributed by atoms with Crippen molar-refractivity contribution in [3.05, 3.63) is 22.4 Å². The van der Waals surface area contributed by atoms with Gasteiger partial charge in [-0.1, -0.05) is 6.07 Å². The summed E-state index contributed by atoms with van der Waals surface area (Å²) in [5, 5.41) is 9.08. The molecule has 1 aromatic heterocycles. The zero-order valence-electron chi connectivity index (χ0n) is 17.6. The van der Waals surface area contributed by atoms with Crippen LogP contribution < -0.4 is 10.6 Å². The average Bonchev–Trinajstić information content (AvgIpc) is 3.41. The standard InChI is InChI=1S/C21H36N4O2S.HI/c1-22-21(23-9-5-11-26-17-19-7-3-12-27-19)24-14-18-6-2-10-25(15-18)16-20-8-4-13-28-20;/h4,8,13,18-19H,2-3,5-7,9-12,14-17H2,1H3,(H2,22,23,24);1H. The summed E-state index contributed by atoms with van der Waals surface area (Å²) >= 11 is 1.86. The normalized spacial score (nSPS) is 23.0. The van der Waals surface area contributed by atoms with Gasteiger partial charge in [0.15, 0.2) is 5.96 Å². The van der Waals surface area contributed by atoms with Crippen LogP contribution in [0, 0.1) is 5.92 Å². The van der Waals surface area contributed by atoms with Crippen molar-refractivity contribution < 1.29 is 9.47 Å². The van der Waals surface area contributed by atoms with Gasteiger partial charge < -0.3 is 20.1 Å². The monoisotopic (exact) mass is 536 g/mol. The van der Waals surface area contributed by atoms with E-state index in [2.05, 4.69) is 38.0 Å². The Morgan fingerprint density at radius 2 is 2.28 bits per heavy atom.